The number of hydrogen-bond donors (Lipinski definition) is 3. The molecule has 0 radical (unpaired) electrons. The molecule has 0 aliphatic rings. The van der Waals surface area contributed by atoms with Gasteiger partial charge in [-0.15, -0.1) is 0 Å². The molecule has 2 aromatic carbocycles. The molecule has 0 unspecified atom stereocenters. The smallest absolute Gasteiger partial charge is 0.275 e. The third kappa shape index (κ3) is 4.65. The second kappa shape index (κ2) is 8.35. The Morgan fingerprint density at radius 2 is 1.72 bits per heavy atom. The fourth-order valence-corrected chi connectivity index (χ4v) is 2.79. The Balaban J connectivity index is 1.41. The molecule has 7 heteroatoms. The van der Waals surface area contributed by atoms with Crippen LogP contribution >= 0.6 is 0 Å². The van der Waals surface area contributed by atoms with Gasteiger partial charge in [-0.1, -0.05) is 36.4 Å². The minimum absolute atomic E-state index is 0.273. The van der Waals surface area contributed by atoms with E-state index in [1.807, 2.05) is 30.3 Å². The highest BCUT2D eigenvalue weighted by molar-refractivity contribution is 6.02. The Kier molecular flexibility index (Phi) is 5.29. The molecule has 144 valence electrons. The van der Waals surface area contributed by atoms with E-state index in [1.165, 1.54) is 12.1 Å². The lowest BCUT2D eigenvalue weighted by Crippen LogP contribution is -2.14. The molecule has 0 spiro atoms. The number of nitrogens with zero attached hydrogens (tertiary/aromatic N) is 2. The van der Waals surface area contributed by atoms with Crippen LogP contribution in [0.25, 0.3) is 11.3 Å². The number of nitrogens with one attached hydrogen (secondary N) is 3. The van der Waals surface area contributed by atoms with Gasteiger partial charge in [0.05, 0.1) is 5.69 Å². The molecule has 0 atom stereocenters. The highest BCUT2D eigenvalue weighted by Gasteiger charge is 2.11. The van der Waals surface area contributed by atoms with E-state index in [1.54, 1.807) is 36.4 Å². The van der Waals surface area contributed by atoms with Gasteiger partial charge in [-0.05, 0) is 47.5 Å². The number of anilines is 2. The van der Waals surface area contributed by atoms with Crippen molar-refractivity contribution in [3.8, 4) is 11.3 Å². The van der Waals surface area contributed by atoms with Gasteiger partial charge in [0.1, 0.15) is 17.3 Å². The third-order valence-electron chi connectivity index (χ3n) is 4.27. The topological polar surface area (TPSA) is 82.7 Å². The van der Waals surface area contributed by atoms with Crippen molar-refractivity contribution in [3.63, 3.8) is 0 Å². The molecule has 3 N–H and O–H groups in total. The normalized spacial score (nSPS) is 10.5. The Morgan fingerprint density at radius 1 is 0.931 bits per heavy atom. The molecule has 0 saturated carbocycles. The Labute approximate surface area is 166 Å². The zero-order chi connectivity index (χ0) is 20.1. The second-order valence-corrected chi connectivity index (χ2v) is 6.38. The Hall–Kier alpha value is -4.00. The number of amides is 1. The van der Waals surface area contributed by atoms with Crippen molar-refractivity contribution in [2.45, 2.75) is 6.54 Å². The van der Waals surface area contributed by atoms with E-state index in [0.717, 1.165) is 11.1 Å². The van der Waals surface area contributed by atoms with Crippen LogP contribution in [0.5, 0.6) is 0 Å². The summed E-state index contributed by atoms with van der Waals surface area (Å²) >= 11 is 0. The maximum Gasteiger partial charge on any atom is 0.275 e. The largest absolute Gasteiger partial charge is 0.366 e. The lowest BCUT2D eigenvalue weighted by molar-refractivity contribution is 0.102. The summed E-state index contributed by atoms with van der Waals surface area (Å²) in [6.07, 6.45) is 0. The highest BCUT2D eigenvalue weighted by atomic mass is 19.1. The summed E-state index contributed by atoms with van der Waals surface area (Å²) in [4.78, 5) is 16.9. The van der Waals surface area contributed by atoms with Crippen molar-refractivity contribution in [1.82, 2.24) is 15.2 Å². The summed E-state index contributed by atoms with van der Waals surface area (Å²) in [7, 11) is 0. The lowest BCUT2D eigenvalue weighted by Gasteiger charge is -2.07. The fraction of sp³-hybridized carbons (Fsp3) is 0.0455. The zero-order valence-electron chi connectivity index (χ0n) is 15.4. The van der Waals surface area contributed by atoms with Crippen LogP contribution in [0.1, 0.15) is 16.1 Å². The first-order chi connectivity index (χ1) is 14.2. The second-order valence-electron chi connectivity index (χ2n) is 6.38. The van der Waals surface area contributed by atoms with Crippen molar-refractivity contribution >= 4 is 17.5 Å². The van der Waals surface area contributed by atoms with Crippen LogP contribution in [-0.2, 0) is 6.54 Å². The van der Waals surface area contributed by atoms with Gasteiger partial charge in [-0.25, -0.2) is 9.37 Å². The molecular formula is C22H18FN5O. The van der Waals surface area contributed by atoms with Crippen LogP contribution in [0, 0.1) is 5.82 Å². The molecule has 6 nitrogen and oxygen atoms in total. The highest BCUT2D eigenvalue weighted by Crippen LogP contribution is 2.20. The monoisotopic (exact) mass is 387 g/mol. The first-order valence-electron chi connectivity index (χ1n) is 9.05. The number of aromatic nitrogens is 3. The third-order valence-corrected chi connectivity index (χ3v) is 4.27. The average Bonchev–Trinajstić information content (AvgIpc) is 3.22. The molecule has 2 heterocycles. The molecule has 29 heavy (non-hydrogen) atoms. The number of halogens is 1. The van der Waals surface area contributed by atoms with Gasteiger partial charge in [-0.2, -0.15) is 5.10 Å². The van der Waals surface area contributed by atoms with Gasteiger partial charge in [0, 0.05) is 12.6 Å². The summed E-state index contributed by atoms with van der Waals surface area (Å²) < 4.78 is 13.1. The number of pyridine rings is 1. The van der Waals surface area contributed by atoms with Crippen molar-refractivity contribution in [3.05, 3.63) is 95.9 Å². The number of hydrogen-bond acceptors (Lipinski definition) is 4. The zero-order valence-corrected chi connectivity index (χ0v) is 15.4. The molecule has 0 saturated heterocycles. The van der Waals surface area contributed by atoms with Crippen LogP contribution in [-0.4, -0.2) is 21.1 Å². The molecule has 1 amide bonds. The van der Waals surface area contributed by atoms with Crippen LogP contribution < -0.4 is 10.6 Å². The number of benzene rings is 2. The minimum atomic E-state index is -0.370. The predicted octanol–water partition coefficient (Wildman–Crippen LogP) is 4.48. The number of aromatic amines is 1. The number of H-pyrrole nitrogens is 1. The number of rotatable bonds is 6. The van der Waals surface area contributed by atoms with Crippen LogP contribution in [0.2, 0.25) is 0 Å². The van der Waals surface area contributed by atoms with Crippen LogP contribution in [0.4, 0.5) is 16.0 Å². The first kappa shape index (κ1) is 18.4. The van der Waals surface area contributed by atoms with Crippen molar-refractivity contribution < 1.29 is 9.18 Å². The number of carbonyl (C=O) groups is 1. The first-order valence-corrected chi connectivity index (χ1v) is 9.05. The average molecular weight is 387 g/mol. The molecule has 4 aromatic rings. The van der Waals surface area contributed by atoms with E-state index in [-0.39, 0.29) is 17.4 Å². The summed E-state index contributed by atoms with van der Waals surface area (Å²) in [6.45, 7) is 0.610. The van der Waals surface area contributed by atoms with E-state index < -0.39 is 0 Å². The van der Waals surface area contributed by atoms with E-state index in [0.29, 0.717) is 23.9 Å². The molecule has 2 aromatic heterocycles. The molecule has 0 fully saturated rings. The van der Waals surface area contributed by atoms with Crippen molar-refractivity contribution in [2.24, 2.45) is 0 Å². The summed E-state index contributed by atoms with van der Waals surface area (Å²) in [5, 5.41) is 12.8. The summed E-state index contributed by atoms with van der Waals surface area (Å²) in [6, 6.07) is 22.8. The van der Waals surface area contributed by atoms with E-state index in [4.69, 9.17) is 0 Å². The van der Waals surface area contributed by atoms with Gasteiger partial charge >= 0.3 is 0 Å². The fourth-order valence-electron chi connectivity index (χ4n) is 2.79. The van der Waals surface area contributed by atoms with Gasteiger partial charge < -0.3 is 10.6 Å². The maximum absolute atomic E-state index is 13.1. The Morgan fingerprint density at radius 3 is 2.52 bits per heavy atom. The SMILES string of the molecule is O=C(Nc1cc(-c2ccc(F)cc2)[nH]n1)c1cccc(NCc2ccccc2)n1. The lowest BCUT2D eigenvalue weighted by atomic mass is 10.1. The Bertz CT molecular complexity index is 1110. The van der Waals surface area contributed by atoms with E-state index >= 15 is 0 Å². The predicted molar refractivity (Wildman–Crippen MR) is 110 cm³/mol. The quantitative estimate of drug-likeness (QED) is 0.456. The van der Waals surface area contributed by atoms with E-state index in [9.17, 15) is 9.18 Å². The van der Waals surface area contributed by atoms with E-state index in [2.05, 4.69) is 25.8 Å². The molecular weight excluding hydrogens is 369 g/mol. The van der Waals surface area contributed by atoms with Crippen LogP contribution in [0.15, 0.2) is 78.9 Å². The van der Waals surface area contributed by atoms with Crippen LogP contribution in [0.3, 0.4) is 0 Å². The minimum Gasteiger partial charge on any atom is -0.366 e. The molecule has 4 rings (SSSR count). The van der Waals surface area contributed by atoms with Crippen molar-refractivity contribution in [2.75, 3.05) is 10.6 Å². The summed E-state index contributed by atoms with van der Waals surface area (Å²) in [5.41, 5.74) is 2.83. The number of carbonyl (C=O) groups excluding carboxylic acids is 1. The maximum atomic E-state index is 13.1. The summed E-state index contributed by atoms with van der Waals surface area (Å²) in [5.74, 6) is 0.286. The van der Waals surface area contributed by atoms with Gasteiger partial charge in [0.25, 0.3) is 5.91 Å². The molecule has 0 aliphatic carbocycles. The van der Waals surface area contributed by atoms with Gasteiger partial charge in [-0.3, -0.25) is 9.89 Å². The molecule has 0 aliphatic heterocycles. The van der Waals surface area contributed by atoms with Gasteiger partial charge in [0.2, 0.25) is 0 Å². The van der Waals surface area contributed by atoms with Crippen molar-refractivity contribution in [1.29, 1.82) is 0 Å². The van der Waals surface area contributed by atoms with Gasteiger partial charge in [0.15, 0.2) is 5.82 Å². The molecule has 0 bridgehead atoms. The standard InChI is InChI=1S/C22H18FN5O/c23-17-11-9-16(10-12-17)19-13-21(28-27-19)26-22(29)18-7-4-8-20(25-18)24-14-15-5-2-1-3-6-15/h1-13H,14H2,(H,24,25)(H2,26,27,28,29).